The van der Waals surface area contributed by atoms with Crippen LogP contribution in [0.5, 0.6) is 0 Å². The summed E-state index contributed by atoms with van der Waals surface area (Å²) in [5, 5.41) is 6.90. The van der Waals surface area contributed by atoms with Gasteiger partial charge >= 0.3 is 0 Å². The summed E-state index contributed by atoms with van der Waals surface area (Å²) in [5.74, 6) is 0. The van der Waals surface area contributed by atoms with Gasteiger partial charge in [-0.1, -0.05) is 115 Å². The lowest BCUT2D eigenvalue weighted by atomic mass is 10.0. The minimum absolute atomic E-state index is 0.566. The molecule has 0 unspecified atom stereocenters. The van der Waals surface area contributed by atoms with Crippen LogP contribution in [-0.2, 0) is 0 Å². The molecule has 0 saturated heterocycles. The highest BCUT2D eigenvalue weighted by molar-refractivity contribution is 6.15. The number of rotatable bonds is 4. The van der Waals surface area contributed by atoms with Crippen LogP contribution in [-0.4, -0.2) is 13.7 Å². The van der Waals surface area contributed by atoms with Gasteiger partial charge in [-0.3, -0.25) is 0 Å². The van der Waals surface area contributed by atoms with E-state index in [0.717, 1.165) is 71.8 Å². The predicted molar refractivity (Wildman–Crippen MR) is 227 cm³/mol. The molecule has 5 heteroatoms. The maximum absolute atomic E-state index is 8.29. The summed E-state index contributed by atoms with van der Waals surface area (Å²) in [6.07, 6.45) is 0. The third-order valence-electron chi connectivity index (χ3n) is 11.1. The third-order valence-corrected chi connectivity index (χ3v) is 11.1. The molecule has 254 valence electrons. The minimum atomic E-state index is 0.566. The van der Waals surface area contributed by atoms with Gasteiger partial charge in [0.05, 0.1) is 51.9 Å². The second kappa shape index (κ2) is 11.8. The van der Waals surface area contributed by atoms with E-state index in [0.29, 0.717) is 11.4 Å². The van der Waals surface area contributed by atoms with Crippen molar-refractivity contribution in [2.45, 2.75) is 0 Å². The molecule has 3 heterocycles. The van der Waals surface area contributed by atoms with Crippen molar-refractivity contribution in [3.05, 3.63) is 199 Å². The maximum atomic E-state index is 8.29. The fourth-order valence-electron chi connectivity index (χ4n) is 8.79. The highest BCUT2D eigenvalue weighted by Gasteiger charge is 2.21. The summed E-state index contributed by atoms with van der Waals surface area (Å²) in [6.45, 7) is 16.4. The molecule has 55 heavy (non-hydrogen) atoms. The van der Waals surface area contributed by atoms with E-state index < -0.39 is 0 Å². The standard InChI is InChI=1S/C50H29N5/c1-51-42-28-26-32(30-40(42)37-17-6-12-25-48(37)55-47-24-11-5-16-36(47)39-19-13-20-43(52-2)50(39)55)54-46-23-10-7-18-38(46)41-31-33(27-29-49(41)54)53-44-21-8-3-14-34(44)35-15-4-9-22-45(35)53/h3-31H. The Hall–Kier alpha value is -7.86. The molecule has 0 atom stereocenters. The van der Waals surface area contributed by atoms with E-state index in [1.54, 1.807) is 0 Å². The zero-order valence-electron chi connectivity index (χ0n) is 29.5. The van der Waals surface area contributed by atoms with Gasteiger partial charge in [-0.2, -0.15) is 0 Å². The van der Waals surface area contributed by atoms with Crippen molar-refractivity contribution in [2.75, 3.05) is 0 Å². The Balaban J connectivity index is 1.15. The van der Waals surface area contributed by atoms with Gasteiger partial charge in [0.1, 0.15) is 0 Å². The predicted octanol–water partition coefficient (Wildman–Crippen LogP) is 13.7. The van der Waals surface area contributed by atoms with E-state index >= 15 is 0 Å². The van der Waals surface area contributed by atoms with Crippen molar-refractivity contribution in [1.29, 1.82) is 0 Å². The van der Waals surface area contributed by atoms with Gasteiger partial charge < -0.3 is 13.7 Å². The molecule has 8 aromatic carbocycles. The van der Waals surface area contributed by atoms with E-state index in [-0.39, 0.29) is 0 Å². The van der Waals surface area contributed by atoms with Gasteiger partial charge in [0.2, 0.25) is 5.69 Å². The number of para-hydroxylation sites is 6. The third kappa shape index (κ3) is 4.39. The Kier molecular flexibility index (Phi) is 6.61. The van der Waals surface area contributed by atoms with Crippen LogP contribution in [0.4, 0.5) is 11.4 Å². The number of hydrogen-bond donors (Lipinski definition) is 0. The van der Waals surface area contributed by atoms with Gasteiger partial charge in [-0.05, 0) is 77.2 Å². The number of aromatic nitrogens is 3. The monoisotopic (exact) mass is 699 g/mol. The van der Waals surface area contributed by atoms with Crippen molar-refractivity contribution in [3.8, 4) is 28.2 Å². The Morgan fingerprint density at radius 1 is 0.327 bits per heavy atom. The van der Waals surface area contributed by atoms with Crippen LogP contribution in [0, 0.1) is 13.1 Å². The molecule has 0 amide bonds. The quantitative estimate of drug-likeness (QED) is 0.163. The topological polar surface area (TPSA) is 23.5 Å². The molecule has 0 fully saturated rings. The molecular weight excluding hydrogens is 671 g/mol. The zero-order valence-corrected chi connectivity index (χ0v) is 29.5. The van der Waals surface area contributed by atoms with E-state index in [9.17, 15) is 0 Å². The van der Waals surface area contributed by atoms with Gasteiger partial charge in [-0.15, -0.1) is 0 Å². The van der Waals surface area contributed by atoms with E-state index in [4.69, 9.17) is 13.1 Å². The Morgan fingerprint density at radius 3 is 1.44 bits per heavy atom. The lowest BCUT2D eigenvalue weighted by Crippen LogP contribution is -1.99. The van der Waals surface area contributed by atoms with Crippen LogP contribution in [0.25, 0.3) is 103 Å². The summed E-state index contributed by atoms with van der Waals surface area (Å²) in [4.78, 5) is 7.99. The van der Waals surface area contributed by atoms with Gasteiger partial charge in [-0.25, -0.2) is 9.69 Å². The van der Waals surface area contributed by atoms with Crippen LogP contribution < -0.4 is 0 Å². The summed E-state index contributed by atoms with van der Waals surface area (Å²) in [6, 6.07) is 61.2. The number of hydrogen-bond acceptors (Lipinski definition) is 0. The molecule has 0 aliphatic rings. The normalized spacial score (nSPS) is 11.6. The molecule has 0 aliphatic carbocycles. The fraction of sp³-hybridized carbons (Fsp3) is 0. The smallest absolute Gasteiger partial charge is 0.211 e. The highest BCUT2D eigenvalue weighted by atomic mass is 15.0. The van der Waals surface area contributed by atoms with Crippen LogP contribution in [0.3, 0.4) is 0 Å². The first-order valence-corrected chi connectivity index (χ1v) is 18.3. The van der Waals surface area contributed by atoms with Gasteiger partial charge in [0, 0.05) is 38.3 Å². The minimum Gasteiger partial charge on any atom is -0.318 e. The molecule has 0 aliphatic heterocycles. The molecule has 11 aromatic rings. The molecule has 5 nitrogen and oxygen atoms in total. The molecule has 0 bridgehead atoms. The molecule has 3 aromatic heterocycles. The van der Waals surface area contributed by atoms with Crippen LogP contribution in [0.15, 0.2) is 176 Å². The molecule has 0 radical (unpaired) electrons. The Morgan fingerprint density at radius 2 is 0.800 bits per heavy atom. The summed E-state index contributed by atoms with van der Waals surface area (Å²) in [5.41, 5.74) is 12.3. The van der Waals surface area contributed by atoms with Crippen molar-refractivity contribution >= 4 is 76.8 Å². The molecule has 11 rings (SSSR count). The maximum Gasteiger partial charge on any atom is 0.211 e. The average Bonchev–Trinajstić information content (AvgIpc) is 3.89. The largest absolute Gasteiger partial charge is 0.318 e. The van der Waals surface area contributed by atoms with Crippen LogP contribution >= 0.6 is 0 Å². The van der Waals surface area contributed by atoms with Crippen LogP contribution in [0.2, 0.25) is 0 Å². The molecule has 0 N–H and O–H groups in total. The van der Waals surface area contributed by atoms with Gasteiger partial charge in [0.25, 0.3) is 0 Å². The number of nitrogens with zero attached hydrogens (tertiary/aromatic N) is 5. The first kappa shape index (κ1) is 30.7. The summed E-state index contributed by atoms with van der Waals surface area (Å²) in [7, 11) is 0. The van der Waals surface area contributed by atoms with Crippen molar-refractivity contribution in [3.63, 3.8) is 0 Å². The Labute approximate surface area is 316 Å². The fourth-order valence-corrected chi connectivity index (χ4v) is 8.79. The SMILES string of the molecule is [C-]#[N+]c1ccc(-n2c3ccccc3c3cc(-n4c5ccccc5c5ccccc54)ccc32)cc1-c1ccccc1-n1c2ccccc2c2cccc([N+]#[C-])c21. The van der Waals surface area contributed by atoms with Crippen molar-refractivity contribution in [1.82, 2.24) is 13.7 Å². The lowest BCUT2D eigenvalue weighted by molar-refractivity contribution is 1.16. The van der Waals surface area contributed by atoms with Crippen LogP contribution in [0.1, 0.15) is 0 Å². The van der Waals surface area contributed by atoms with E-state index in [1.807, 2.05) is 42.5 Å². The first-order valence-electron chi connectivity index (χ1n) is 18.3. The number of benzene rings is 8. The second-order valence-corrected chi connectivity index (χ2v) is 13.9. The molecule has 0 spiro atoms. The Bertz CT molecular complexity index is 3420. The lowest BCUT2D eigenvalue weighted by Gasteiger charge is -2.17. The molecule has 0 saturated carbocycles. The molecular formula is C50H29N5. The van der Waals surface area contributed by atoms with Crippen molar-refractivity contribution in [2.24, 2.45) is 0 Å². The van der Waals surface area contributed by atoms with E-state index in [1.165, 1.54) is 21.8 Å². The highest BCUT2D eigenvalue weighted by Crippen LogP contribution is 2.43. The number of fused-ring (bicyclic) bond motifs is 9. The second-order valence-electron chi connectivity index (χ2n) is 13.9. The van der Waals surface area contributed by atoms with Gasteiger partial charge in [0.15, 0.2) is 5.69 Å². The van der Waals surface area contributed by atoms with Crippen molar-refractivity contribution < 1.29 is 0 Å². The average molecular weight is 700 g/mol. The summed E-state index contributed by atoms with van der Waals surface area (Å²) >= 11 is 0. The van der Waals surface area contributed by atoms with E-state index in [2.05, 4.69) is 157 Å². The zero-order chi connectivity index (χ0) is 36.6. The summed E-state index contributed by atoms with van der Waals surface area (Å²) < 4.78 is 6.88. The first-order chi connectivity index (χ1) is 27.2.